The smallest absolute Gasteiger partial charge is 0.169 e. The molecule has 38 heavy (non-hydrogen) atoms. The number of nitrogens with zero attached hydrogens (tertiary/aromatic N) is 6. The molecule has 1 N–H and O–H groups in total. The van der Waals surface area contributed by atoms with E-state index in [1.54, 1.807) is 19.6 Å². The van der Waals surface area contributed by atoms with Crippen molar-refractivity contribution in [3.05, 3.63) is 48.5 Å². The number of ether oxygens (including phenoxy) is 3. The van der Waals surface area contributed by atoms with Gasteiger partial charge in [-0.1, -0.05) is 6.07 Å². The molecule has 2 aliphatic rings. The molecule has 2 saturated heterocycles. The number of fused-ring (bicyclic) bond motifs is 1. The first-order valence-corrected chi connectivity index (χ1v) is 13.5. The number of morpholine rings is 1. The summed E-state index contributed by atoms with van der Waals surface area (Å²) in [5, 5.41) is 5.06. The molecule has 0 bridgehead atoms. The molecule has 0 unspecified atom stereocenters. The Balaban J connectivity index is 1.18. The maximum atomic E-state index is 6.12. The number of anilines is 1. The minimum atomic E-state index is 0.619. The second kappa shape index (κ2) is 13.0. The first-order chi connectivity index (χ1) is 18.7. The van der Waals surface area contributed by atoms with Crippen molar-refractivity contribution in [1.29, 1.82) is 0 Å². The van der Waals surface area contributed by atoms with E-state index >= 15 is 0 Å². The summed E-state index contributed by atoms with van der Waals surface area (Å²) < 4.78 is 17.2. The third kappa shape index (κ3) is 6.58. The van der Waals surface area contributed by atoms with Crippen molar-refractivity contribution in [2.75, 3.05) is 77.6 Å². The lowest BCUT2D eigenvalue weighted by Gasteiger charge is -2.37. The van der Waals surface area contributed by atoms with Crippen LogP contribution in [0.1, 0.15) is 12.0 Å². The molecule has 1 aromatic carbocycles. The number of piperazine rings is 1. The maximum absolute atomic E-state index is 6.12. The average molecular weight is 538 g/mol. The summed E-state index contributed by atoms with van der Waals surface area (Å²) in [7, 11) is 1.67. The normalized spacial score (nSPS) is 16.4. The number of thiocarbonyl (C=S) groups is 1. The number of hydrogen-bond acceptors (Lipinski definition) is 9. The fourth-order valence-corrected chi connectivity index (χ4v) is 5.04. The third-order valence-corrected chi connectivity index (χ3v) is 7.32. The predicted octanol–water partition coefficient (Wildman–Crippen LogP) is 2.33. The van der Waals surface area contributed by atoms with E-state index in [2.05, 4.69) is 35.0 Å². The zero-order valence-electron chi connectivity index (χ0n) is 21.8. The maximum Gasteiger partial charge on any atom is 0.169 e. The summed E-state index contributed by atoms with van der Waals surface area (Å²) in [5.74, 6) is 2.31. The number of nitrogens with one attached hydrogen (secondary N) is 1. The molecule has 2 aromatic heterocycles. The van der Waals surface area contributed by atoms with Crippen LogP contribution in [0.5, 0.6) is 11.5 Å². The van der Waals surface area contributed by atoms with Gasteiger partial charge in [0.2, 0.25) is 0 Å². The molecule has 0 amide bonds. The molecule has 0 aliphatic carbocycles. The van der Waals surface area contributed by atoms with Crippen molar-refractivity contribution in [2.24, 2.45) is 0 Å². The van der Waals surface area contributed by atoms with E-state index in [1.165, 1.54) is 0 Å². The van der Waals surface area contributed by atoms with Gasteiger partial charge in [-0.3, -0.25) is 9.88 Å². The topological polar surface area (TPSA) is 88.1 Å². The van der Waals surface area contributed by atoms with E-state index in [4.69, 9.17) is 26.4 Å². The third-order valence-electron chi connectivity index (χ3n) is 6.91. The monoisotopic (exact) mass is 537 g/mol. The van der Waals surface area contributed by atoms with Crippen molar-refractivity contribution in [2.45, 2.75) is 13.0 Å². The first-order valence-electron chi connectivity index (χ1n) is 13.1. The Labute approximate surface area is 228 Å². The standard InChI is InChI=1S/C27H35N7O3S/c1-35-24-16-22-23(17-25(24)37-13-3-6-32-11-14-36-15-12-32)30-20-31-26(22)33-7-9-34(10-8-33)27(38)29-19-21-4-2-5-28-18-21/h2,4-5,16-18,20H,3,6-15,19H2,1H3,(H,29,38). The van der Waals surface area contributed by atoms with Crippen LogP contribution in [0.2, 0.25) is 0 Å². The van der Waals surface area contributed by atoms with Crippen molar-refractivity contribution in [1.82, 2.24) is 30.1 Å². The molecule has 10 nitrogen and oxygen atoms in total. The zero-order valence-corrected chi connectivity index (χ0v) is 22.7. The molecule has 202 valence electrons. The number of hydrogen-bond donors (Lipinski definition) is 1. The van der Waals surface area contributed by atoms with Gasteiger partial charge in [-0.05, 0) is 36.3 Å². The molecular formula is C27H35N7O3S. The van der Waals surface area contributed by atoms with Crippen LogP contribution < -0.4 is 19.7 Å². The Bertz CT molecular complexity index is 1200. The van der Waals surface area contributed by atoms with Gasteiger partial charge in [0.25, 0.3) is 0 Å². The van der Waals surface area contributed by atoms with E-state index in [0.717, 1.165) is 92.8 Å². The van der Waals surface area contributed by atoms with Crippen LogP contribution in [0.25, 0.3) is 10.9 Å². The van der Waals surface area contributed by atoms with Gasteiger partial charge in [0.1, 0.15) is 12.1 Å². The van der Waals surface area contributed by atoms with Crippen LogP contribution in [0, 0.1) is 0 Å². The molecule has 11 heteroatoms. The van der Waals surface area contributed by atoms with E-state index in [1.807, 2.05) is 30.5 Å². The molecular weight excluding hydrogens is 502 g/mol. The van der Waals surface area contributed by atoms with E-state index in [9.17, 15) is 0 Å². The first kappa shape index (κ1) is 26.3. The summed E-state index contributed by atoms with van der Waals surface area (Å²) in [5.41, 5.74) is 1.95. The second-order valence-electron chi connectivity index (χ2n) is 9.37. The molecule has 5 rings (SSSR count). The average Bonchev–Trinajstić information content (AvgIpc) is 2.98. The van der Waals surface area contributed by atoms with Gasteiger partial charge in [0.05, 0.1) is 32.4 Å². The summed E-state index contributed by atoms with van der Waals surface area (Å²) in [4.78, 5) is 20.2. The van der Waals surface area contributed by atoms with Crippen LogP contribution in [0.15, 0.2) is 43.0 Å². The van der Waals surface area contributed by atoms with Crippen molar-refractivity contribution >= 4 is 34.1 Å². The highest BCUT2D eigenvalue weighted by atomic mass is 32.1. The molecule has 3 aromatic rings. The van der Waals surface area contributed by atoms with Crippen LogP contribution >= 0.6 is 12.2 Å². The fraction of sp³-hybridized carbons (Fsp3) is 0.481. The minimum Gasteiger partial charge on any atom is -0.493 e. The number of rotatable bonds is 9. The lowest BCUT2D eigenvalue weighted by atomic mass is 10.2. The Kier molecular flexibility index (Phi) is 9.00. The van der Waals surface area contributed by atoms with Crippen molar-refractivity contribution in [3.8, 4) is 11.5 Å². The van der Waals surface area contributed by atoms with Crippen molar-refractivity contribution in [3.63, 3.8) is 0 Å². The molecule has 4 heterocycles. The Hall–Kier alpha value is -3.28. The van der Waals surface area contributed by atoms with Crippen LogP contribution in [-0.2, 0) is 11.3 Å². The molecule has 0 saturated carbocycles. The van der Waals surface area contributed by atoms with E-state index < -0.39 is 0 Å². The van der Waals surface area contributed by atoms with Crippen LogP contribution in [-0.4, -0.2) is 103 Å². The summed E-state index contributed by atoms with van der Waals surface area (Å²) in [6, 6.07) is 7.93. The van der Waals surface area contributed by atoms with Gasteiger partial charge in [-0.2, -0.15) is 0 Å². The van der Waals surface area contributed by atoms with E-state index in [0.29, 0.717) is 24.7 Å². The van der Waals surface area contributed by atoms with Gasteiger partial charge in [0.15, 0.2) is 16.6 Å². The van der Waals surface area contributed by atoms with Crippen molar-refractivity contribution < 1.29 is 14.2 Å². The SMILES string of the molecule is COc1cc2c(N3CCN(C(=S)NCc4cccnc4)CC3)ncnc2cc1OCCCN1CCOCC1. The number of pyridine rings is 1. The largest absolute Gasteiger partial charge is 0.493 e. The molecule has 0 radical (unpaired) electrons. The lowest BCUT2D eigenvalue weighted by molar-refractivity contribution is 0.0357. The zero-order chi connectivity index (χ0) is 26.2. The van der Waals surface area contributed by atoms with Gasteiger partial charge >= 0.3 is 0 Å². The summed E-state index contributed by atoms with van der Waals surface area (Å²) in [6.45, 7) is 9.12. The highest BCUT2D eigenvalue weighted by Crippen LogP contribution is 2.35. The molecule has 2 fully saturated rings. The fourth-order valence-electron chi connectivity index (χ4n) is 4.78. The molecule has 0 atom stereocenters. The van der Waals surface area contributed by atoms with Gasteiger partial charge < -0.3 is 29.3 Å². The number of methoxy groups -OCH3 is 1. The lowest BCUT2D eigenvalue weighted by Crippen LogP contribution is -2.51. The second-order valence-corrected chi connectivity index (χ2v) is 9.75. The number of aromatic nitrogens is 3. The predicted molar refractivity (Wildman–Crippen MR) is 151 cm³/mol. The Morgan fingerprint density at radius 3 is 2.68 bits per heavy atom. The van der Waals surface area contributed by atoms with Gasteiger partial charge in [-0.15, -0.1) is 0 Å². The molecule has 0 spiro atoms. The van der Waals surface area contributed by atoms with Crippen LogP contribution in [0.4, 0.5) is 5.82 Å². The van der Waals surface area contributed by atoms with Crippen LogP contribution in [0.3, 0.4) is 0 Å². The Morgan fingerprint density at radius 2 is 1.92 bits per heavy atom. The number of benzene rings is 1. The van der Waals surface area contributed by atoms with Gasteiger partial charge in [0, 0.05) is 76.2 Å². The summed E-state index contributed by atoms with van der Waals surface area (Å²) >= 11 is 5.64. The minimum absolute atomic E-state index is 0.619. The van der Waals surface area contributed by atoms with E-state index in [-0.39, 0.29) is 0 Å². The summed E-state index contributed by atoms with van der Waals surface area (Å²) in [6.07, 6.45) is 6.19. The molecule has 2 aliphatic heterocycles. The van der Waals surface area contributed by atoms with Gasteiger partial charge in [-0.25, -0.2) is 9.97 Å². The quantitative estimate of drug-likeness (QED) is 0.322. The highest BCUT2D eigenvalue weighted by Gasteiger charge is 2.22. The highest BCUT2D eigenvalue weighted by molar-refractivity contribution is 7.80. The Morgan fingerprint density at radius 1 is 1.08 bits per heavy atom.